The first-order chi connectivity index (χ1) is 10.9. The van der Waals surface area contributed by atoms with Crippen LogP contribution in [0.4, 0.5) is 0 Å². The van der Waals surface area contributed by atoms with E-state index in [-0.39, 0.29) is 11.0 Å². The highest BCUT2D eigenvalue weighted by Gasteiger charge is 2.58. The Morgan fingerprint density at radius 1 is 1.43 bits per heavy atom. The lowest BCUT2D eigenvalue weighted by molar-refractivity contribution is -0.176. The molecule has 1 aliphatic heterocycles. The van der Waals surface area contributed by atoms with Crippen LogP contribution >= 0.6 is 0 Å². The first kappa shape index (κ1) is 18.3. The highest BCUT2D eigenvalue weighted by Crippen LogP contribution is 2.51. The fourth-order valence-electron chi connectivity index (χ4n) is 3.31. The summed E-state index contributed by atoms with van der Waals surface area (Å²) in [6.45, 7) is 12.1. The largest absolute Gasteiger partial charge is 0.378 e. The van der Waals surface area contributed by atoms with Crippen molar-refractivity contribution in [1.29, 1.82) is 0 Å². The Balaban J connectivity index is 1.88. The standard InChI is InChI=1S/C18H33N3O2/c1-6-19-16(20-10-7-14-8-11-23-12-9-14)21-15-13-18(4,22-5)17(15,2)3/h8,15H,6-7,9-13H2,1-5H3,(H2,19,20,21). The van der Waals surface area contributed by atoms with Gasteiger partial charge in [0.05, 0.1) is 18.8 Å². The molecule has 5 nitrogen and oxygen atoms in total. The normalized spacial score (nSPS) is 30.4. The van der Waals surface area contributed by atoms with Gasteiger partial charge < -0.3 is 20.1 Å². The summed E-state index contributed by atoms with van der Waals surface area (Å²) in [6, 6.07) is 0.382. The molecule has 2 aliphatic rings. The van der Waals surface area contributed by atoms with Crippen molar-refractivity contribution in [2.75, 3.05) is 33.4 Å². The maximum atomic E-state index is 5.70. The van der Waals surface area contributed by atoms with Gasteiger partial charge in [-0.05, 0) is 33.1 Å². The van der Waals surface area contributed by atoms with E-state index in [1.54, 1.807) is 7.11 Å². The van der Waals surface area contributed by atoms with Crippen LogP contribution in [0.15, 0.2) is 16.6 Å². The molecule has 0 bridgehead atoms. The second-order valence-electron chi connectivity index (χ2n) is 7.26. The third-order valence-electron chi connectivity index (χ3n) is 5.69. The van der Waals surface area contributed by atoms with Gasteiger partial charge in [-0.1, -0.05) is 25.5 Å². The number of nitrogens with one attached hydrogen (secondary N) is 2. The van der Waals surface area contributed by atoms with E-state index < -0.39 is 0 Å². The minimum absolute atomic E-state index is 0.0606. The molecule has 0 radical (unpaired) electrons. The summed E-state index contributed by atoms with van der Waals surface area (Å²) >= 11 is 0. The molecular weight excluding hydrogens is 290 g/mol. The molecule has 1 fully saturated rings. The number of hydrogen-bond acceptors (Lipinski definition) is 3. The van der Waals surface area contributed by atoms with E-state index in [1.165, 1.54) is 5.57 Å². The van der Waals surface area contributed by atoms with E-state index in [9.17, 15) is 0 Å². The van der Waals surface area contributed by atoms with Gasteiger partial charge in [0.25, 0.3) is 0 Å². The molecule has 1 aliphatic carbocycles. The van der Waals surface area contributed by atoms with Crippen LogP contribution in [0.25, 0.3) is 0 Å². The van der Waals surface area contributed by atoms with Crippen molar-refractivity contribution in [1.82, 2.24) is 10.6 Å². The van der Waals surface area contributed by atoms with Gasteiger partial charge >= 0.3 is 0 Å². The average molecular weight is 323 g/mol. The molecule has 23 heavy (non-hydrogen) atoms. The Hall–Kier alpha value is -1.07. The lowest BCUT2D eigenvalue weighted by Crippen LogP contribution is -2.69. The van der Waals surface area contributed by atoms with E-state index in [1.807, 2.05) is 0 Å². The summed E-state index contributed by atoms with van der Waals surface area (Å²) in [7, 11) is 1.80. The summed E-state index contributed by atoms with van der Waals surface area (Å²) in [5.41, 5.74) is 1.49. The zero-order valence-electron chi connectivity index (χ0n) is 15.4. The third kappa shape index (κ3) is 4.07. The summed E-state index contributed by atoms with van der Waals surface area (Å²) in [5.74, 6) is 0.913. The summed E-state index contributed by atoms with van der Waals surface area (Å²) in [6.07, 6.45) is 5.26. The maximum Gasteiger partial charge on any atom is 0.191 e. The Morgan fingerprint density at radius 3 is 2.78 bits per heavy atom. The van der Waals surface area contributed by atoms with Crippen molar-refractivity contribution in [3.63, 3.8) is 0 Å². The minimum atomic E-state index is -0.0606. The monoisotopic (exact) mass is 323 g/mol. The van der Waals surface area contributed by atoms with E-state index >= 15 is 0 Å². The molecule has 1 saturated carbocycles. The van der Waals surface area contributed by atoms with Crippen molar-refractivity contribution >= 4 is 5.96 Å². The van der Waals surface area contributed by atoms with Crippen LogP contribution in [0, 0.1) is 5.41 Å². The zero-order chi connectivity index (χ0) is 16.9. The molecule has 0 amide bonds. The number of hydrogen-bond donors (Lipinski definition) is 2. The number of aliphatic imine (C=N–C) groups is 1. The third-order valence-corrected chi connectivity index (χ3v) is 5.69. The van der Waals surface area contributed by atoms with Crippen LogP contribution < -0.4 is 10.6 Å². The van der Waals surface area contributed by atoms with Crippen molar-refractivity contribution in [3.05, 3.63) is 11.6 Å². The topological polar surface area (TPSA) is 54.9 Å². The van der Waals surface area contributed by atoms with Gasteiger partial charge in [0.1, 0.15) is 0 Å². The van der Waals surface area contributed by atoms with Crippen LogP contribution in [-0.4, -0.2) is 51.0 Å². The Morgan fingerprint density at radius 2 is 2.22 bits per heavy atom. The van der Waals surface area contributed by atoms with Gasteiger partial charge in [0.15, 0.2) is 5.96 Å². The number of rotatable bonds is 6. The molecule has 2 N–H and O–H groups in total. The molecule has 1 heterocycles. The molecule has 2 rings (SSSR count). The predicted molar refractivity (Wildman–Crippen MR) is 94.9 cm³/mol. The fraction of sp³-hybridized carbons (Fsp3) is 0.833. The van der Waals surface area contributed by atoms with Crippen LogP contribution in [0.2, 0.25) is 0 Å². The number of methoxy groups -OCH3 is 1. The van der Waals surface area contributed by atoms with E-state index in [0.29, 0.717) is 6.04 Å². The molecule has 5 heteroatoms. The van der Waals surface area contributed by atoms with Crippen molar-refractivity contribution in [2.24, 2.45) is 10.4 Å². The van der Waals surface area contributed by atoms with Crippen molar-refractivity contribution in [3.8, 4) is 0 Å². The van der Waals surface area contributed by atoms with Crippen LogP contribution in [-0.2, 0) is 9.47 Å². The van der Waals surface area contributed by atoms with Gasteiger partial charge in [0, 0.05) is 31.7 Å². The predicted octanol–water partition coefficient (Wildman–Crippen LogP) is 2.48. The molecule has 2 unspecified atom stereocenters. The lowest BCUT2D eigenvalue weighted by Gasteiger charge is -2.59. The van der Waals surface area contributed by atoms with Crippen molar-refractivity contribution < 1.29 is 9.47 Å². The number of guanidine groups is 1. The molecule has 0 aromatic carbocycles. The quantitative estimate of drug-likeness (QED) is 0.448. The lowest BCUT2D eigenvalue weighted by atomic mass is 9.56. The number of nitrogens with zero attached hydrogens (tertiary/aromatic N) is 1. The Bertz CT molecular complexity index is 459. The second kappa shape index (κ2) is 7.67. The first-order valence-corrected chi connectivity index (χ1v) is 8.78. The summed E-state index contributed by atoms with van der Waals surface area (Å²) in [5, 5.41) is 6.94. The second-order valence-corrected chi connectivity index (χ2v) is 7.26. The average Bonchev–Trinajstić information content (AvgIpc) is 2.55. The highest BCUT2D eigenvalue weighted by molar-refractivity contribution is 5.80. The fourth-order valence-corrected chi connectivity index (χ4v) is 3.31. The van der Waals surface area contributed by atoms with Crippen LogP contribution in [0.1, 0.15) is 47.0 Å². The van der Waals surface area contributed by atoms with E-state index in [0.717, 1.165) is 51.5 Å². The number of ether oxygens (including phenoxy) is 2. The minimum Gasteiger partial charge on any atom is -0.378 e. The molecule has 2 atom stereocenters. The van der Waals surface area contributed by atoms with E-state index in [4.69, 9.17) is 14.5 Å². The van der Waals surface area contributed by atoms with Gasteiger partial charge in [-0.25, -0.2) is 0 Å². The Labute approximate surface area is 140 Å². The SMILES string of the molecule is CCNC(=NCCC1=CCOCC1)NC1CC(C)(OC)C1(C)C. The highest BCUT2D eigenvalue weighted by atomic mass is 16.5. The van der Waals surface area contributed by atoms with E-state index in [2.05, 4.69) is 44.4 Å². The van der Waals surface area contributed by atoms with Gasteiger partial charge in [-0.15, -0.1) is 0 Å². The summed E-state index contributed by atoms with van der Waals surface area (Å²) in [4.78, 5) is 4.74. The zero-order valence-corrected chi connectivity index (χ0v) is 15.4. The van der Waals surface area contributed by atoms with Gasteiger partial charge in [-0.3, -0.25) is 4.99 Å². The first-order valence-electron chi connectivity index (χ1n) is 8.78. The van der Waals surface area contributed by atoms with Crippen molar-refractivity contribution in [2.45, 2.75) is 58.6 Å². The Kier molecular flexibility index (Phi) is 6.09. The van der Waals surface area contributed by atoms with Crippen LogP contribution in [0.5, 0.6) is 0 Å². The summed E-state index contributed by atoms with van der Waals surface area (Å²) < 4.78 is 11.0. The smallest absolute Gasteiger partial charge is 0.191 e. The molecule has 0 aromatic rings. The molecule has 0 saturated heterocycles. The van der Waals surface area contributed by atoms with Gasteiger partial charge in [-0.2, -0.15) is 0 Å². The molecule has 0 spiro atoms. The molecule has 132 valence electrons. The maximum absolute atomic E-state index is 5.70. The molecular formula is C18H33N3O2. The van der Waals surface area contributed by atoms with Gasteiger partial charge in [0.2, 0.25) is 0 Å². The van der Waals surface area contributed by atoms with Crippen LogP contribution in [0.3, 0.4) is 0 Å². The molecule has 0 aromatic heterocycles.